The summed E-state index contributed by atoms with van der Waals surface area (Å²) < 4.78 is 37.0. The average Bonchev–Trinajstić information content (AvgIpc) is 2.36. The zero-order valence-corrected chi connectivity index (χ0v) is 13.7. The van der Waals surface area contributed by atoms with Gasteiger partial charge in [-0.25, -0.2) is 8.42 Å². The third-order valence-corrected chi connectivity index (χ3v) is 4.03. The van der Waals surface area contributed by atoms with E-state index in [1.54, 1.807) is 32.9 Å². The zero-order valence-electron chi connectivity index (χ0n) is 12.8. The van der Waals surface area contributed by atoms with Crippen LogP contribution in [0.25, 0.3) is 0 Å². The monoisotopic (exact) mass is 315 g/mol. The van der Waals surface area contributed by atoms with Crippen molar-refractivity contribution in [2.45, 2.75) is 44.2 Å². The molecule has 7 heteroatoms. The minimum Gasteiger partial charge on any atom is -0.495 e. The summed E-state index contributed by atoms with van der Waals surface area (Å²) in [6.45, 7) is 6.58. The second-order valence-electron chi connectivity index (χ2n) is 5.53. The van der Waals surface area contributed by atoms with E-state index in [9.17, 15) is 13.2 Å². The molecule has 0 fully saturated rings. The number of ether oxygens (including phenoxy) is 2. The van der Waals surface area contributed by atoms with Crippen LogP contribution < -0.4 is 9.46 Å². The highest BCUT2D eigenvalue weighted by molar-refractivity contribution is 7.89. The highest BCUT2D eigenvalue weighted by atomic mass is 32.2. The molecule has 1 aromatic rings. The number of para-hydroxylation sites is 1. The molecular weight excluding hydrogens is 294 g/mol. The summed E-state index contributed by atoms with van der Waals surface area (Å²) in [7, 11) is -2.50. The first-order valence-corrected chi connectivity index (χ1v) is 7.93. The Balaban J connectivity index is 2.93. The lowest BCUT2D eigenvalue weighted by Crippen LogP contribution is -2.42. The van der Waals surface area contributed by atoms with Gasteiger partial charge in [-0.2, -0.15) is 4.72 Å². The minimum atomic E-state index is -3.88. The van der Waals surface area contributed by atoms with E-state index < -0.39 is 27.6 Å². The highest BCUT2D eigenvalue weighted by Crippen LogP contribution is 2.23. The van der Waals surface area contributed by atoms with E-state index in [0.29, 0.717) is 0 Å². The molecule has 0 radical (unpaired) electrons. The molecule has 0 bridgehead atoms. The highest BCUT2D eigenvalue weighted by Gasteiger charge is 2.27. The smallest absolute Gasteiger partial charge is 0.324 e. The number of carbonyl (C=O) groups excluding carboxylic acids is 1. The number of nitrogens with one attached hydrogen (secondary N) is 1. The van der Waals surface area contributed by atoms with E-state index in [2.05, 4.69) is 4.72 Å². The molecule has 21 heavy (non-hydrogen) atoms. The van der Waals surface area contributed by atoms with Crippen molar-refractivity contribution in [2.24, 2.45) is 0 Å². The standard InChI is InChI=1S/C14H21NO5S/c1-10(13(16)20-14(2,3)4)15-21(17,18)12-9-7-6-8-11(12)19-5/h6-10,15H,1-5H3/t10-/m1/s1. The number of hydrogen-bond donors (Lipinski definition) is 1. The predicted molar refractivity (Wildman–Crippen MR) is 78.6 cm³/mol. The normalized spacial score (nSPS) is 13.6. The van der Waals surface area contributed by atoms with Gasteiger partial charge in [-0.15, -0.1) is 0 Å². The lowest BCUT2D eigenvalue weighted by molar-refractivity contribution is -0.156. The van der Waals surface area contributed by atoms with Crippen molar-refractivity contribution in [1.82, 2.24) is 4.72 Å². The first-order valence-electron chi connectivity index (χ1n) is 6.45. The van der Waals surface area contributed by atoms with Crippen LogP contribution in [0.15, 0.2) is 29.2 Å². The van der Waals surface area contributed by atoms with Gasteiger partial charge in [0.2, 0.25) is 10.0 Å². The second kappa shape index (κ2) is 6.44. The molecule has 0 spiro atoms. The fourth-order valence-electron chi connectivity index (χ4n) is 1.58. The van der Waals surface area contributed by atoms with Gasteiger partial charge < -0.3 is 9.47 Å². The maximum atomic E-state index is 12.3. The van der Waals surface area contributed by atoms with E-state index in [1.807, 2.05) is 0 Å². The number of rotatable bonds is 5. The fraction of sp³-hybridized carbons (Fsp3) is 0.500. The lowest BCUT2D eigenvalue weighted by Gasteiger charge is -2.22. The minimum absolute atomic E-state index is 0.0251. The number of carbonyl (C=O) groups is 1. The van der Waals surface area contributed by atoms with Gasteiger partial charge in [0.1, 0.15) is 22.3 Å². The molecule has 1 N–H and O–H groups in total. The molecule has 0 aromatic heterocycles. The summed E-state index contributed by atoms with van der Waals surface area (Å²) in [5.74, 6) is -0.428. The maximum Gasteiger partial charge on any atom is 0.324 e. The summed E-state index contributed by atoms with van der Waals surface area (Å²) >= 11 is 0. The molecule has 6 nitrogen and oxygen atoms in total. The number of benzene rings is 1. The van der Waals surface area contributed by atoms with Gasteiger partial charge >= 0.3 is 5.97 Å². The van der Waals surface area contributed by atoms with E-state index in [-0.39, 0.29) is 10.6 Å². The third kappa shape index (κ3) is 5.02. The van der Waals surface area contributed by atoms with Crippen molar-refractivity contribution in [2.75, 3.05) is 7.11 Å². The Morgan fingerprint density at radius 3 is 2.33 bits per heavy atom. The molecule has 1 aromatic carbocycles. The first-order chi connectivity index (χ1) is 9.57. The summed E-state index contributed by atoms with van der Waals surface area (Å²) in [6.07, 6.45) is 0. The Kier molecular flexibility index (Phi) is 5.36. The molecule has 0 aliphatic carbocycles. The topological polar surface area (TPSA) is 81.7 Å². The summed E-state index contributed by atoms with van der Waals surface area (Å²) in [4.78, 5) is 11.8. The van der Waals surface area contributed by atoms with Crippen LogP contribution in [0, 0.1) is 0 Å². The third-order valence-electron chi connectivity index (χ3n) is 2.45. The van der Waals surface area contributed by atoms with Crippen LogP contribution in [0.2, 0.25) is 0 Å². The summed E-state index contributed by atoms with van der Waals surface area (Å²) in [6, 6.07) is 5.18. The SMILES string of the molecule is COc1ccccc1S(=O)(=O)N[C@H](C)C(=O)OC(C)(C)C. The van der Waals surface area contributed by atoms with Crippen LogP contribution in [-0.4, -0.2) is 33.1 Å². The molecule has 0 aliphatic heterocycles. The van der Waals surface area contributed by atoms with E-state index in [1.165, 1.54) is 26.2 Å². The Morgan fingerprint density at radius 1 is 1.24 bits per heavy atom. The largest absolute Gasteiger partial charge is 0.495 e. The molecule has 118 valence electrons. The van der Waals surface area contributed by atoms with Gasteiger partial charge in [0.15, 0.2) is 0 Å². The van der Waals surface area contributed by atoms with Gasteiger partial charge in [-0.05, 0) is 39.8 Å². The first kappa shape index (κ1) is 17.5. The van der Waals surface area contributed by atoms with Crippen LogP contribution >= 0.6 is 0 Å². The number of sulfonamides is 1. The van der Waals surface area contributed by atoms with Gasteiger partial charge in [0.05, 0.1) is 7.11 Å². The van der Waals surface area contributed by atoms with Gasteiger partial charge in [0.25, 0.3) is 0 Å². The van der Waals surface area contributed by atoms with E-state index >= 15 is 0 Å². The maximum absolute atomic E-state index is 12.3. The fourth-order valence-corrected chi connectivity index (χ4v) is 2.94. The molecule has 1 rings (SSSR count). The van der Waals surface area contributed by atoms with Crippen LogP contribution in [0.1, 0.15) is 27.7 Å². The molecule has 0 heterocycles. The Hall–Kier alpha value is -1.60. The van der Waals surface area contributed by atoms with Gasteiger partial charge in [0, 0.05) is 0 Å². The van der Waals surface area contributed by atoms with Gasteiger partial charge in [-0.1, -0.05) is 12.1 Å². The van der Waals surface area contributed by atoms with E-state index in [0.717, 1.165) is 0 Å². The Morgan fingerprint density at radius 2 is 1.81 bits per heavy atom. The van der Waals surface area contributed by atoms with E-state index in [4.69, 9.17) is 9.47 Å². The Labute approximate surface area is 125 Å². The lowest BCUT2D eigenvalue weighted by atomic mass is 10.2. The summed E-state index contributed by atoms with van der Waals surface area (Å²) in [5, 5.41) is 0. The molecular formula is C14H21NO5S. The van der Waals surface area contributed by atoms with Crippen molar-refractivity contribution in [3.8, 4) is 5.75 Å². The second-order valence-corrected chi connectivity index (χ2v) is 7.21. The predicted octanol–water partition coefficient (Wildman–Crippen LogP) is 1.70. The molecule has 0 saturated heterocycles. The summed E-state index contributed by atoms with van der Waals surface area (Å²) in [5.41, 5.74) is -0.679. The van der Waals surface area contributed by atoms with Crippen molar-refractivity contribution in [3.05, 3.63) is 24.3 Å². The van der Waals surface area contributed by atoms with Crippen LogP contribution in [0.3, 0.4) is 0 Å². The average molecular weight is 315 g/mol. The molecule has 0 saturated carbocycles. The number of esters is 1. The van der Waals surface area contributed by atoms with Crippen molar-refractivity contribution < 1.29 is 22.7 Å². The quantitative estimate of drug-likeness (QED) is 0.836. The number of methoxy groups -OCH3 is 1. The van der Waals surface area contributed by atoms with Crippen LogP contribution in [0.5, 0.6) is 5.75 Å². The van der Waals surface area contributed by atoms with Crippen LogP contribution in [0.4, 0.5) is 0 Å². The molecule has 0 amide bonds. The van der Waals surface area contributed by atoms with Gasteiger partial charge in [-0.3, -0.25) is 4.79 Å². The number of hydrogen-bond acceptors (Lipinski definition) is 5. The zero-order chi connectivity index (χ0) is 16.3. The van der Waals surface area contributed by atoms with Crippen molar-refractivity contribution in [1.29, 1.82) is 0 Å². The van der Waals surface area contributed by atoms with Crippen molar-refractivity contribution >= 4 is 16.0 Å². The molecule has 0 unspecified atom stereocenters. The van der Waals surface area contributed by atoms with Crippen LogP contribution in [-0.2, 0) is 19.6 Å². The molecule has 0 aliphatic rings. The molecule has 1 atom stereocenters. The Bertz CT molecular complexity index is 604. The van der Waals surface area contributed by atoms with Crippen molar-refractivity contribution in [3.63, 3.8) is 0 Å².